The highest BCUT2D eigenvalue weighted by Crippen LogP contribution is 2.33. The maximum Gasteiger partial charge on any atom is 0.336 e. The minimum Gasteiger partial charge on any atom is -0.508 e. The highest BCUT2D eigenvalue weighted by molar-refractivity contribution is 5.84. The van der Waals surface area contributed by atoms with Crippen LogP contribution in [0, 0.1) is 18.8 Å². The minimum absolute atomic E-state index is 0.179. The summed E-state index contributed by atoms with van der Waals surface area (Å²) in [5.74, 6) is 1.97. The van der Waals surface area contributed by atoms with E-state index in [-0.39, 0.29) is 11.4 Å². The average molecular weight is 328 g/mol. The van der Waals surface area contributed by atoms with Gasteiger partial charge in [0.25, 0.3) is 0 Å². The SMILES string of the molecule is Cc1c(O)ccc2c(C[NH+]3CC[C@H]4CCCC[C@@H]4C3)cc(=O)oc12. The third-order valence-corrected chi connectivity index (χ3v) is 6.14. The third kappa shape index (κ3) is 2.84. The molecule has 2 aromatic rings. The topological polar surface area (TPSA) is 54.9 Å². The Morgan fingerprint density at radius 3 is 2.83 bits per heavy atom. The molecule has 128 valence electrons. The van der Waals surface area contributed by atoms with E-state index in [1.165, 1.54) is 45.2 Å². The van der Waals surface area contributed by atoms with Gasteiger partial charge in [0.2, 0.25) is 0 Å². The highest BCUT2D eigenvalue weighted by Gasteiger charge is 2.33. The molecule has 3 atom stereocenters. The predicted octanol–water partition coefficient (Wildman–Crippen LogP) is 2.40. The van der Waals surface area contributed by atoms with Gasteiger partial charge in [-0.15, -0.1) is 0 Å². The number of benzene rings is 1. The molecule has 2 fully saturated rings. The molecule has 1 saturated carbocycles. The lowest BCUT2D eigenvalue weighted by atomic mass is 9.75. The normalized spacial score (nSPS) is 27.1. The lowest BCUT2D eigenvalue weighted by Gasteiger charge is -2.39. The van der Waals surface area contributed by atoms with Crippen molar-refractivity contribution in [2.45, 2.75) is 45.6 Å². The molecule has 1 aliphatic carbocycles. The van der Waals surface area contributed by atoms with E-state index in [9.17, 15) is 9.90 Å². The number of piperidine rings is 1. The van der Waals surface area contributed by atoms with Crippen LogP contribution < -0.4 is 10.5 Å². The number of fused-ring (bicyclic) bond motifs is 2. The molecule has 0 bridgehead atoms. The molecule has 4 heteroatoms. The molecular weight excluding hydrogens is 302 g/mol. The summed E-state index contributed by atoms with van der Waals surface area (Å²) in [6, 6.07) is 5.21. The van der Waals surface area contributed by atoms with Gasteiger partial charge in [-0.05, 0) is 44.2 Å². The van der Waals surface area contributed by atoms with Crippen molar-refractivity contribution in [2.75, 3.05) is 13.1 Å². The van der Waals surface area contributed by atoms with E-state index in [4.69, 9.17) is 4.42 Å². The first-order chi connectivity index (χ1) is 11.6. The van der Waals surface area contributed by atoms with Crippen LogP contribution in [0.25, 0.3) is 11.0 Å². The summed E-state index contributed by atoms with van der Waals surface area (Å²) >= 11 is 0. The van der Waals surface area contributed by atoms with E-state index < -0.39 is 0 Å². The molecule has 0 spiro atoms. The molecule has 1 unspecified atom stereocenters. The summed E-state index contributed by atoms with van der Waals surface area (Å²) in [7, 11) is 0. The summed E-state index contributed by atoms with van der Waals surface area (Å²) in [6.45, 7) is 5.09. The number of hydrogen-bond donors (Lipinski definition) is 2. The number of likely N-dealkylation sites (tertiary alicyclic amines) is 1. The molecule has 1 aromatic carbocycles. The lowest BCUT2D eigenvalue weighted by Crippen LogP contribution is -3.12. The van der Waals surface area contributed by atoms with Crippen LogP contribution in [0.3, 0.4) is 0 Å². The maximum absolute atomic E-state index is 12.0. The van der Waals surface area contributed by atoms with E-state index in [0.717, 1.165) is 29.3 Å². The smallest absolute Gasteiger partial charge is 0.336 e. The van der Waals surface area contributed by atoms with Crippen LogP contribution in [0.15, 0.2) is 27.4 Å². The lowest BCUT2D eigenvalue weighted by molar-refractivity contribution is -0.924. The number of aromatic hydroxyl groups is 1. The average Bonchev–Trinajstić information content (AvgIpc) is 2.58. The maximum atomic E-state index is 12.0. The second-order valence-electron chi connectivity index (χ2n) is 7.65. The molecule has 24 heavy (non-hydrogen) atoms. The van der Waals surface area contributed by atoms with Crippen LogP contribution in [-0.2, 0) is 6.54 Å². The van der Waals surface area contributed by atoms with Crippen molar-refractivity contribution in [1.82, 2.24) is 0 Å². The third-order valence-electron chi connectivity index (χ3n) is 6.14. The first-order valence-electron chi connectivity index (χ1n) is 9.20. The van der Waals surface area contributed by atoms with Gasteiger partial charge in [-0.1, -0.05) is 12.8 Å². The first kappa shape index (κ1) is 15.7. The number of aryl methyl sites for hydroxylation is 1. The van der Waals surface area contributed by atoms with Crippen molar-refractivity contribution in [3.63, 3.8) is 0 Å². The van der Waals surface area contributed by atoms with E-state index in [1.54, 1.807) is 24.0 Å². The quantitative estimate of drug-likeness (QED) is 0.833. The first-order valence-corrected chi connectivity index (χ1v) is 9.20. The van der Waals surface area contributed by atoms with Crippen molar-refractivity contribution < 1.29 is 14.4 Å². The second-order valence-corrected chi connectivity index (χ2v) is 7.65. The Morgan fingerprint density at radius 1 is 1.21 bits per heavy atom. The van der Waals surface area contributed by atoms with Gasteiger partial charge in [0.15, 0.2) is 0 Å². The van der Waals surface area contributed by atoms with Crippen LogP contribution in [-0.4, -0.2) is 18.2 Å². The number of phenolic OH excluding ortho intramolecular Hbond substituents is 1. The van der Waals surface area contributed by atoms with Crippen LogP contribution in [0.5, 0.6) is 5.75 Å². The predicted molar refractivity (Wildman–Crippen MR) is 93.4 cm³/mol. The summed E-state index contributed by atoms with van der Waals surface area (Å²) < 4.78 is 5.36. The van der Waals surface area contributed by atoms with E-state index in [1.807, 2.05) is 6.07 Å². The van der Waals surface area contributed by atoms with Gasteiger partial charge in [-0.3, -0.25) is 0 Å². The van der Waals surface area contributed by atoms with Crippen LogP contribution in [0.1, 0.15) is 43.2 Å². The summed E-state index contributed by atoms with van der Waals surface area (Å²) in [6.07, 6.45) is 6.89. The van der Waals surface area contributed by atoms with Gasteiger partial charge >= 0.3 is 5.63 Å². The largest absolute Gasteiger partial charge is 0.508 e. The number of nitrogens with one attached hydrogen (secondary N) is 1. The number of quaternary nitrogens is 1. The fourth-order valence-electron chi connectivity index (χ4n) is 4.79. The second kappa shape index (κ2) is 6.25. The summed E-state index contributed by atoms with van der Waals surface area (Å²) in [5, 5.41) is 10.8. The zero-order valence-electron chi connectivity index (χ0n) is 14.3. The van der Waals surface area contributed by atoms with Crippen molar-refractivity contribution in [3.05, 3.63) is 39.7 Å². The highest BCUT2D eigenvalue weighted by atomic mass is 16.4. The Hall–Kier alpha value is -1.81. The molecule has 2 heterocycles. The van der Waals surface area contributed by atoms with Gasteiger partial charge in [-0.25, -0.2) is 4.79 Å². The van der Waals surface area contributed by atoms with Gasteiger partial charge in [0.05, 0.1) is 13.1 Å². The number of phenols is 1. The van der Waals surface area contributed by atoms with Crippen molar-refractivity contribution in [1.29, 1.82) is 0 Å². The molecular formula is C20H26NO3+. The molecule has 2 N–H and O–H groups in total. The van der Waals surface area contributed by atoms with Gasteiger partial charge in [0.1, 0.15) is 17.9 Å². The van der Waals surface area contributed by atoms with Crippen LogP contribution >= 0.6 is 0 Å². The van der Waals surface area contributed by atoms with Crippen molar-refractivity contribution >= 4 is 11.0 Å². The van der Waals surface area contributed by atoms with Crippen molar-refractivity contribution in [2.24, 2.45) is 11.8 Å². The van der Waals surface area contributed by atoms with E-state index in [2.05, 4.69) is 0 Å². The Bertz CT molecular complexity index is 810. The number of hydrogen-bond acceptors (Lipinski definition) is 3. The van der Waals surface area contributed by atoms with Crippen LogP contribution in [0.4, 0.5) is 0 Å². The summed E-state index contributed by atoms with van der Waals surface area (Å²) in [4.78, 5) is 13.6. The Labute approximate surface area is 142 Å². The molecule has 4 rings (SSSR count). The number of rotatable bonds is 2. The Kier molecular flexibility index (Phi) is 4.09. The molecule has 1 saturated heterocycles. The monoisotopic (exact) mass is 328 g/mol. The standard InChI is InChI=1S/C20H25NO3/c1-13-18(22)7-6-17-16(10-19(23)24-20(13)17)12-21-9-8-14-4-2-3-5-15(14)11-21/h6-7,10,14-15,22H,2-5,8-9,11-12H2,1H3/p+1/t14-,15-/m1/s1. The van der Waals surface area contributed by atoms with Gasteiger partial charge in [-0.2, -0.15) is 0 Å². The molecule has 0 radical (unpaired) electrons. The van der Waals surface area contributed by atoms with E-state index >= 15 is 0 Å². The van der Waals surface area contributed by atoms with E-state index in [0.29, 0.717) is 11.1 Å². The van der Waals surface area contributed by atoms with Gasteiger partial charge < -0.3 is 14.4 Å². The van der Waals surface area contributed by atoms with Crippen LogP contribution in [0.2, 0.25) is 0 Å². The zero-order chi connectivity index (χ0) is 16.7. The Morgan fingerprint density at radius 2 is 2.00 bits per heavy atom. The molecule has 2 aliphatic rings. The summed E-state index contributed by atoms with van der Waals surface area (Å²) in [5.41, 5.74) is 1.91. The minimum atomic E-state index is -0.321. The molecule has 1 aliphatic heterocycles. The molecule has 4 nitrogen and oxygen atoms in total. The molecule has 0 amide bonds. The zero-order valence-corrected chi connectivity index (χ0v) is 14.3. The molecule has 1 aromatic heterocycles. The fourth-order valence-corrected chi connectivity index (χ4v) is 4.79. The van der Waals surface area contributed by atoms with Gasteiger partial charge in [0, 0.05) is 28.5 Å². The Balaban J connectivity index is 1.63. The fraction of sp³-hybridized carbons (Fsp3) is 0.550. The van der Waals surface area contributed by atoms with Crippen molar-refractivity contribution in [3.8, 4) is 5.75 Å².